The Labute approximate surface area is 58.2 Å². The van der Waals surface area contributed by atoms with Crippen molar-refractivity contribution < 1.29 is 15.0 Å². The number of carboxylic acids is 1. The Kier molecular flexibility index (Phi) is 1.63. The lowest BCUT2D eigenvalue weighted by Crippen LogP contribution is -2.29. The molecular weight excluding hydrogens is 134 g/mol. The van der Waals surface area contributed by atoms with Gasteiger partial charge in [0, 0.05) is 12.1 Å². The van der Waals surface area contributed by atoms with Crippen molar-refractivity contribution in [3.63, 3.8) is 0 Å². The molecule has 1 aliphatic rings. The van der Waals surface area contributed by atoms with Crippen molar-refractivity contribution in [3.8, 4) is 0 Å². The first-order valence-corrected chi connectivity index (χ1v) is 2.97. The molecule has 0 radical (unpaired) electrons. The number of carbonyl (C=O) groups is 1. The molecule has 0 aromatic carbocycles. The second kappa shape index (κ2) is 2.30. The molecule has 0 aromatic heterocycles. The third-order valence-electron chi connectivity index (χ3n) is 1.52. The van der Waals surface area contributed by atoms with Crippen molar-refractivity contribution in [2.45, 2.75) is 18.6 Å². The van der Waals surface area contributed by atoms with E-state index < -0.39 is 18.1 Å². The Morgan fingerprint density at radius 2 is 2.40 bits per heavy atom. The summed E-state index contributed by atoms with van der Waals surface area (Å²) in [5.74, 6) is -0.947. The lowest BCUT2D eigenvalue weighted by atomic mass is 10.2. The molecule has 10 heavy (non-hydrogen) atoms. The molecule has 0 bridgehead atoms. The minimum atomic E-state index is -0.947. The van der Waals surface area contributed by atoms with Crippen LogP contribution in [0, 0.1) is 0 Å². The highest BCUT2D eigenvalue weighted by molar-refractivity contribution is 5.74. The smallest absolute Gasteiger partial charge is 0.326 e. The summed E-state index contributed by atoms with van der Waals surface area (Å²) in [7, 11) is 0. The van der Waals surface area contributed by atoms with Crippen LogP contribution in [0.25, 0.3) is 0 Å². The standard InChI is InChI=1S/C6H9NO3/c1-3-5(8)2-4(7-3)6(9)10/h4-5,7-8H,1-2H2,(H,9,10). The zero-order valence-corrected chi connectivity index (χ0v) is 5.37. The van der Waals surface area contributed by atoms with E-state index in [2.05, 4.69) is 11.9 Å². The number of carboxylic acid groups (broad SMARTS) is 1. The quantitative estimate of drug-likeness (QED) is 0.454. The molecule has 0 saturated carbocycles. The van der Waals surface area contributed by atoms with Gasteiger partial charge in [-0.25, -0.2) is 4.79 Å². The molecular formula is C6H9NO3. The maximum absolute atomic E-state index is 10.3. The maximum atomic E-state index is 10.3. The van der Waals surface area contributed by atoms with E-state index >= 15 is 0 Å². The number of aliphatic carboxylic acids is 1. The van der Waals surface area contributed by atoms with Crippen molar-refractivity contribution in [2.75, 3.05) is 0 Å². The number of hydrogen-bond donors (Lipinski definition) is 3. The van der Waals surface area contributed by atoms with Gasteiger partial charge in [0.2, 0.25) is 0 Å². The van der Waals surface area contributed by atoms with Crippen LogP contribution in [0.2, 0.25) is 0 Å². The Morgan fingerprint density at radius 3 is 2.60 bits per heavy atom. The summed E-state index contributed by atoms with van der Waals surface area (Å²) in [6, 6.07) is -0.664. The fourth-order valence-corrected chi connectivity index (χ4v) is 0.907. The molecule has 4 nitrogen and oxygen atoms in total. The second-order valence-electron chi connectivity index (χ2n) is 2.31. The van der Waals surface area contributed by atoms with E-state index in [0.717, 1.165) is 0 Å². The van der Waals surface area contributed by atoms with Gasteiger partial charge in [-0.1, -0.05) is 6.58 Å². The first-order chi connectivity index (χ1) is 4.61. The molecule has 1 aliphatic heterocycles. The number of rotatable bonds is 1. The molecule has 1 saturated heterocycles. The zero-order valence-electron chi connectivity index (χ0n) is 5.37. The SMILES string of the molecule is C=C1NC(C(=O)O)CC1O. The first kappa shape index (κ1) is 7.08. The highest BCUT2D eigenvalue weighted by atomic mass is 16.4. The van der Waals surface area contributed by atoms with E-state index in [1.807, 2.05) is 0 Å². The van der Waals surface area contributed by atoms with Crippen LogP contribution in [0.3, 0.4) is 0 Å². The molecule has 0 aliphatic carbocycles. The van der Waals surface area contributed by atoms with Crippen molar-refractivity contribution in [3.05, 3.63) is 12.3 Å². The fourth-order valence-electron chi connectivity index (χ4n) is 0.907. The summed E-state index contributed by atoms with van der Waals surface area (Å²) in [5, 5.41) is 20.0. The number of hydrogen-bond acceptors (Lipinski definition) is 3. The van der Waals surface area contributed by atoms with E-state index in [1.54, 1.807) is 0 Å². The van der Waals surface area contributed by atoms with Crippen LogP contribution in [0.4, 0.5) is 0 Å². The van der Waals surface area contributed by atoms with E-state index in [-0.39, 0.29) is 6.42 Å². The monoisotopic (exact) mass is 143 g/mol. The lowest BCUT2D eigenvalue weighted by Gasteiger charge is -2.01. The molecule has 1 rings (SSSR count). The Morgan fingerprint density at radius 1 is 1.80 bits per heavy atom. The molecule has 4 heteroatoms. The third-order valence-corrected chi connectivity index (χ3v) is 1.52. The van der Waals surface area contributed by atoms with E-state index in [1.165, 1.54) is 0 Å². The number of aliphatic hydroxyl groups is 1. The Balaban J connectivity index is 2.57. The fraction of sp³-hybridized carbons (Fsp3) is 0.500. The van der Waals surface area contributed by atoms with Crippen LogP contribution in [0.1, 0.15) is 6.42 Å². The van der Waals surface area contributed by atoms with Gasteiger partial charge in [-0.2, -0.15) is 0 Å². The van der Waals surface area contributed by atoms with Gasteiger partial charge < -0.3 is 15.5 Å². The van der Waals surface area contributed by atoms with Gasteiger partial charge in [-0.05, 0) is 0 Å². The topological polar surface area (TPSA) is 69.6 Å². The zero-order chi connectivity index (χ0) is 7.72. The largest absolute Gasteiger partial charge is 0.480 e. The highest BCUT2D eigenvalue weighted by Gasteiger charge is 2.30. The van der Waals surface area contributed by atoms with Crippen molar-refractivity contribution in [2.24, 2.45) is 0 Å². The molecule has 56 valence electrons. The van der Waals surface area contributed by atoms with Gasteiger partial charge in [-0.3, -0.25) is 0 Å². The average Bonchev–Trinajstić information content (AvgIpc) is 2.13. The maximum Gasteiger partial charge on any atom is 0.326 e. The summed E-state index contributed by atoms with van der Waals surface area (Å²) in [6.45, 7) is 3.44. The summed E-state index contributed by atoms with van der Waals surface area (Å²) in [4.78, 5) is 10.3. The molecule has 1 fully saturated rings. The molecule has 1 heterocycles. The molecule has 2 atom stereocenters. The number of nitrogens with one attached hydrogen (secondary N) is 1. The third kappa shape index (κ3) is 1.11. The molecule has 2 unspecified atom stereocenters. The molecule has 0 amide bonds. The van der Waals surface area contributed by atoms with Gasteiger partial charge in [0.25, 0.3) is 0 Å². The van der Waals surface area contributed by atoms with Crippen molar-refractivity contribution in [1.29, 1.82) is 0 Å². The van der Waals surface area contributed by atoms with Gasteiger partial charge >= 0.3 is 5.97 Å². The second-order valence-corrected chi connectivity index (χ2v) is 2.31. The summed E-state index contributed by atoms with van der Waals surface area (Å²) in [6.07, 6.45) is -0.491. The van der Waals surface area contributed by atoms with E-state index in [9.17, 15) is 4.79 Å². The van der Waals surface area contributed by atoms with Crippen molar-refractivity contribution >= 4 is 5.97 Å². The average molecular weight is 143 g/mol. The predicted molar refractivity (Wildman–Crippen MR) is 34.3 cm³/mol. The van der Waals surface area contributed by atoms with Crippen LogP contribution >= 0.6 is 0 Å². The van der Waals surface area contributed by atoms with Crippen LogP contribution in [0.15, 0.2) is 12.3 Å². The Hall–Kier alpha value is -1.03. The van der Waals surface area contributed by atoms with Gasteiger partial charge in [-0.15, -0.1) is 0 Å². The van der Waals surface area contributed by atoms with Crippen LogP contribution < -0.4 is 5.32 Å². The first-order valence-electron chi connectivity index (χ1n) is 2.97. The van der Waals surface area contributed by atoms with Crippen molar-refractivity contribution in [1.82, 2.24) is 5.32 Å². The van der Waals surface area contributed by atoms with Crippen LogP contribution in [-0.2, 0) is 4.79 Å². The predicted octanol–water partition coefficient (Wildman–Crippen LogP) is -0.693. The molecule has 0 aromatic rings. The normalized spacial score (nSPS) is 31.9. The van der Waals surface area contributed by atoms with E-state index in [4.69, 9.17) is 10.2 Å². The summed E-state index contributed by atoms with van der Waals surface area (Å²) >= 11 is 0. The Bertz CT molecular complexity index is 178. The minimum Gasteiger partial charge on any atom is -0.480 e. The number of aliphatic hydroxyl groups excluding tert-OH is 1. The molecule has 3 N–H and O–H groups in total. The summed E-state index contributed by atoms with van der Waals surface area (Å²) in [5.41, 5.74) is 0.396. The van der Waals surface area contributed by atoms with Crippen LogP contribution in [0.5, 0.6) is 0 Å². The van der Waals surface area contributed by atoms with Gasteiger partial charge in [0.15, 0.2) is 0 Å². The van der Waals surface area contributed by atoms with Gasteiger partial charge in [0.1, 0.15) is 6.04 Å². The van der Waals surface area contributed by atoms with Crippen LogP contribution in [-0.4, -0.2) is 28.3 Å². The lowest BCUT2D eigenvalue weighted by molar-refractivity contribution is -0.139. The van der Waals surface area contributed by atoms with E-state index in [0.29, 0.717) is 5.70 Å². The van der Waals surface area contributed by atoms with Gasteiger partial charge in [0.05, 0.1) is 6.10 Å². The molecule has 0 spiro atoms. The highest BCUT2D eigenvalue weighted by Crippen LogP contribution is 2.14. The minimum absolute atomic E-state index is 0.216. The summed E-state index contributed by atoms with van der Waals surface area (Å²) < 4.78 is 0.